The second kappa shape index (κ2) is 5.56. The molecule has 0 aliphatic heterocycles. The van der Waals surface area contributed by atoms with Crippen molar-refractivity contribution in [2.24, 2.45) is 0 Å². The largest absolute Gasteiger partial charge is 0.495 e. The van der Waals surface area contributed by atoms with Gasteiger partial charge in [0.25, 0.3) is 0 Å². The van der Waals surface area contributed by atoms with Crippen molar-refractivity contribution in [1.29, 1.82) is 0 Å². The minimum Gasteiger partial charge on any atom is -0.495 e. The molecule has 0 atom stereocenters. The number of methoxy groups -OCH3 is 1. The van der Waals surface area contributed by atoms with E-state index < -0.39 is 0 Å². The van der Waals surface area contributed by atoms with Crippen LogP contribution in [-0.2, 0) is 4.74 Å². The summed E-state index contributed by atoms with van der Waals surface area (Å²) in [6, 6.07) is 1.97. The van der Waals surface area contributed by atoms with Crippen molar-refractivity contribution in [3.8, 4) is 0 Å². The number of anilines is 1. The molecule has 2 heterocycles. The summed E-state index contributed by atoms with van der Waals surface area (Å²) in [6.45, 7) is 5.82. The minimum atomic E-state index is 0.553. The highest BCUT2D eigenvalue weighted by atomic mass is 16.5. The maximum atomic E-state index is 5.29. The van der Waals surface area contributed by atoms with Crippen LogP contribution in [0.15, 0.2) is 35.9 Å². The lowest BCUT2D eigenvalue weighted by Gasteiger charge is -2.12. The van der Waals surface area contributed by atoms with Crippen molar-refractivity contribution < 1.29 is 4.74 Å². The Labute approximate surface area is 112 Å². The van der Waals surface area contributed by atoms with Crippen LogP contribution in [0.3, 0.4) is 0 Å². The SMILES string of the molecule is C/C=C(Nc1nc(C)c2cc[nH]c2n1)\C(=C/C)OC. The van der Waals surface area contributed by atoms with Gasteiger partial charge in [0.2, 0.25) is 5.95 Å². The van der Waals surface area contributed by atoms with Crippen LogP contribution in [0.5, 0.6) is 0 Å². The van der Waals surface area contributed by atoms with Gasteiger partial charge >= 0.3 is 0 Å². The Bertz CT molecular complexity index is 640. The molecule has 19 heavy (non-hydrogen) atoms. The van der Waals surface area contributed by atoms with E-state index in [1.165, 1.54) is 0 Å². The van der Waals surface area contributed by atoms with Crippen LogP contribution in [0, 0.1) is 6.92 Å². The number of hydrogen-bond donors (Lipinski definition) is 2. The Morgan fingerprint density at radius 3 is 2.74 bits per heavy atom. The lowest BCUT2D eigenvalue weighted by Crippen LogP contribution is -2.08. The number of rotatable bonds is 4. The summed E-state index contributed by atoms with van der Waals surface area (Å²) in [5.41, 5.74) is 2.60. The number of allylic oxidation sites excluding steroid dienone is 2. The summed E-state index contributed by atoms with van der Waals surface area (Å²) in [4.78, 5) is 12.0. The van der Waals surface area contributed by atoms with Crippen molar-refractivity contribution in [2.75, 3.05) is 12.4 Å². The number of H-pyrrole nitrogens is 1. The first-order chi connectivity index (χ1) is 9.19. The molecule has 0 spiro atoms. The predicted octanol–water partition coefficient (Wildman–Crippen LogP) is 3.13. The fraction of sp³-hybridized carbons (Fsp3) is 0.286. The van der Waals surface area contributed by atoms with Gasteiger partial charge in [-0.2, -0.15) is 4.98 Å². The van der Waals surface area contributed by atoms with Crippen LogP contribution in [0.2, 0.25) is 0 Å². The second-order valence-electron chi connectivity index (χ2n) is 4.06. The van der Waals surface area contributed by atoms with Gasteiger partial charge in [-0.15, -0.1) is 0 Å². The van der Waals surface area contributed by atoms with E-state index in [9.17, 15) is 0 Å². The molecule has 5 heteroatoms. The molecule has 0 amide bonds. The average molecular weight is 258 g/mol. The van der Waals surface area contributed by atoms with Crippen LogP contribution in [-0.4, -0.2) is 22.1 Å². The van der Waals surface area contributed by atoms with Gasteiger partial charge in [-0.05, 0) is 32.9 Å². The number of aromatic nitrogens is 3. The Kier molecular flexibility index (Phi) is 3.85. The van der Waals surface area contributed by atoms with Crippen molar-refractivity contribution in [3.05, 3.63) is 41.6 Å². The van der Waals surface area contributed by atoms with E-state index >= 15 is 0 Å². The number of fused-ring (bicyclic) bond motifs is 1. The van der Waals surface area contributed by atoms with Crippen LogP contribution < -0.4 is 5.32 Å². The molecule has 2 N–H and O–H groups in total. The summed E-state index contributed by atoms with van der Waals surface area (Å²) >= 11 is 0. The molecule has 5 nitrogen and oxygen atoms in total. The van der Waals surface area contributed by atoms with E-state index in [1.54, 1.807) is 7.11 Å². The molecule has 0 unspecified atom stereocenters. The lowest BCUT2D eigenvalue weighted by atomic mass is 10.3. The van der Waals surface area contributed by atoms with E-state index in [2.05, 4.69) is 20.3 Å². The predicted molar refractivity (Wildman–Crippen MR) is 76.8 cm³/mol. The molecule has 0 saturated carbocycles. The maximum absolute atomic E-state index is 5.29. The zero-order valence-corrected chi connectivity index (χ0v) is 11.6. The number of hydrogen-bond acceptors (Lipinski definition) is 4. The molecule has 0 saturated heterocycles. The van der Waals surface area contributed by atoms with Gasteiger partial charge in [0.1, 0.15) is 11.4 Å². The van der Waals surface area contributed by atoms with Crippen molar-refractivity contribution in [1.82, 2.24) is 15.0 Å². The standard InChI is InChI=1S/C14H18N4O/c1-5-11(12(6-2)19-4)17-14-16-9(3)10-7-8-15-13(10)18-14/h5-8H,1-4H3,(H2,15,16,17,18)/b11-5+,12-6+. The number of ether oxygens (including phenoxy) is 1. The van der Waals surface area contributed by atoms with Crippen molar-refractivity contribution >= 4 is 17.0 Å². The summed E-state index contributed by atoms with van der Waals surface area (Å²) in [6.07, 6.45) is 5.68. The molecule has 0 aliphatic carbocycles. The highest BCUT2D eigenvalue weighted by molar-refractivity contribution is 5.79. The fourth-order valence-electron chi connectivity index (χ4n) is 1.93. The van der Waals surface area contributed by atoms with Crippen LogP contribution in [0.25, 0.3) is 11.0 Å². The summed E-state index contributed by atoms with van der Waals surface area (Å²) < 4.78 is 5.29. The minimum absolute atomic E-state index is 0.553. The third kappa shape index (κ3) is 2.59. The summed E-state index contributed by atoms with van der Waals surface area (Å²) in [7, 11) is 1.64. The van der Waals surface area contributed by atoms with Gasteiger partial charge in [0.05, 0.1) is 18.5 Å². The molecule has 2 rings (SSSR count). The highest BCUT2D eigenvalue weighted by Gasteiger charge is 2.09. The van der Waals surface area contributed by atoms with Gasteiger partial charge in [-0.3, -0.25) is 0 Å². The molecule has 0 aliphatic rings. The normalized spacial score (nSPS) is 12.8. The average Bonchev–Trinajstić information content (AvgIpc) is 2.87. The topological polar surface area (TPSA) is 62.8 Å². The molecular formula is C14H18N4O. The highest BCUT2D eigenvalue weighted by Crippen LogP contribution is 2.18. The van der Waals surface area contributed by atoms with E-state index in [0.29, 0.717) is 5.95 Å². The number of aromatic amines is 1. The first kappa shape index (κ1) is 13.1. The Balaban J connectivity index is 2.35. The van der Waals surface area contributed by atoms with E-state index in [-0.39, 0.29) is 0 Å². The van der Waals surface area contributed by atoms with Crippen molar-refractivity contribution in [2.45, 2.75) is 20.8 Å². The molecule has 2 aromatic rings. The second-order valence-corrected chi connectivity index (χ2v) is 4.06. The van der Waals surface area contributed by atoms with Gasteiger partial charge in [0, 0.05) is 11.6 Å². The van der Waals surface area contributed by atoms with Crippen molar-refractivity contribution in [3.63, 3.8) is 0 Å². The van der Waals surface area contributed by atoms with Gasteiger partial charge in [-0.25, -0.2) is 4.98 Å². The molecule has 0 fully saturated rings. The van der Waals surface area contributed by atoms with Crippen LogP contribution in [0.4, 0.5) is 5.95 Å². The first-order valence-corrected chi connectivity index (χ1v) is 6.15. The Hall–Kier alpha value is -2.30. The Morgan fingerprint density at radius 1 is 1.32 bits per heavy atom. The molecule has 2 aromatic heterocycles. The molecule has 0 bridgehead atoms. The zero-order valence-electron chi connectivity index (χ0n) is 11.6. The van der Waals surface area contributed by atoms with Crippen LogP contribution in [0.1, 0.15) is 19.5 Å². The fourth-order valence-corrected chi connectivity index (χ4v) is 1.93. The molecular weight excluding hydrogens is 240 g/mol. The third-order valence-electron chi connectivity index (χ3n) is 2.89. The summed E-state index contributed by atoms with van der Waals surface area (Å²) in [5, 5.41) is 4.21. The number of nitrogens with zero attached hydrogens (tertiary/aromatic N) is 2. The quantitative estimate of drug-likeness (QED) is 0.653. The summed E-state index contributed by atoms with van der Waals surface area (Å²) in [5.74, 6) is 1.31. The molecule has 0 aromatic carbocycles. The lowest BCUT2D eigenvalue weighted by molar-refractivity contribution is 0.300. The smallest absolute Gasteiger partial charge is 0.229 e. The van der Waals surface area contributed by atoms with Crippen LogP contribution >= 0.6 is 0 Å². The van der Waals surface area contributed by atoms with Gasteiger partial charge in [-0.1, -0.05) is 6.08 Å². The van der Waals surface area contributed by atoms with E-state index in [0.717, 1.165) is 28.2 Å². The molecule has 0 radical (unpaired) electrons. The third-order valence-corrected chi connectivity index (χ3v) is 2.89. The Morgan fingerprint density at radius 2 is 2.11 bits per heavy atom. The van der Waals surface area contributed by atoms with Gasteiger partial charge < -0.3 is 15.0 Å². The maximum Gasteiger partial charge on any atom is 0.229 e. The zero-order chi connectivity index (χ0) is 13.8. The van der Waals surface area contributed by atoms with Gasteiger partial charge in [0.15, 0.2) is 0 Å². The number of aryl methyl sites for hydroxylation is 1. The van der Waals surface area contributed by atoms with E-state index in [1.807, 2.05) is 45.2 Å². The first-order valence-electron chi connectivity index (χ1n) is 6.15. The monoisotopic (exact) mass is 258 g/mol. The van der Waals surface area contributed by atoms with E-state index in [4.69, 9.17) is 4.74 Å². The molecule has 100 valence electrons. The number of nitrogens with one attached hydrogen (secondary N) is 2.